The molecule has 0 saturated carbocycles. The van der Waals surface area contributed by atoms with E-state index >= 15 is 0 Å². The number of ether oxygens (including phenoxy) is 1. The summed E-state index contributed by atoms with van der Waals surface area (Å²) >= 11 is 0. The highest BCUT2D eigenvalue weighted by atomic mass is 16.7. The SMILES string of the molecule is C=C(COC(O)C(=C)[N+](=O)[O-])[N+](=O)[O-]. The molecule has 0 bridgehead atoms. The van der Waals surface area contributed by atoms with Gasteiger partial charge in [-0.1, -0.05) is 0 Å². The first-order chi connectivity index (χ1) is 6.36. The normalized spacial score (nSPS) is 11.8. The molecule has 1 N–H and O–H groups in total. The van der Waals surface area contributed by atoms with E-state index in [1.54, 1.807) is 0 Å². The number of nitro groups is 2. The van der Waals surface area contributed by atoms with E-state index in [9.17, 15) is 20.2 Å². The maximum atomic E-state index is 10.0. The Kier molecular flexibility index (Phi) is 4.40. The second-order valence-corrected chi connectivity index (χ2v) is 2.24. The number of rotatable bonds is 6. The van der Waals surface area contributed by atoms with Gasteiger partial charge in [0.2, 0.25) is 6.29 Å². The number of hydrogen-bond donors (Lipinski definition) is 1. The molecule has 8 heteroatoms. The summed E-state index contributed by atoms with van der Waals surface area (Å²) in [5.41, 5.74) is -1.30. The van der Waals surface area contributed by atoms with Crippen LogP contribution in [0.5, 0.6) is 0 Å². The van der Waals surface area contributed by atoms with E-state index in [0.717, 1.165) is 0 Å². The van der Waals surface area contributed by atoms with Gasteiger partial charge in [-0.05, 0) is 13.2 Å². The lowest BCUT2D eigenvalue weighted by Gasteiger charge is -2.06. The first kappa shape index (κ1) is 12.2. The van der Waals surface area contributed by atoms with Crippen LogP contribution in [0.3, 0.4) is 0 Å². The van der Waals surface area contributed by atoms with E-state index in [1.165, 1.54) is 0 Å². The van der Waals surface area contributed by atoms with Crippen LogP contribution in [0.15, 0.2) is 24.6 Å². The Labute approximate surface area is 78.4 Å². The molecule has 14 heavy (non-hydrogen) atoms. The molecule has 78 valence electrons. The minimum Gasteiger partial charge on any atom is -0.359 e. The molecule has 0 aromatic carbocycles. The third-order valence-corrected chi connectivity index (χ3v) is 1.19. The van der Waals surface area contributed by atoms with Gasteiger partial charge in [-0.2, -0.15) is 0 Å². The maximum absolute atomic E-state index is 10.0. The zero-order valence-corrected chi connectivity index (χ0v) is 7.08. The fourth-order valence-corrected chi connectivity index (χ4v) is 0.414. The first-order valence-corrected chi connectivity index (χ1v) is 3.31. The summed E-state index contributed by atoms with van der Waals surface area (Å²) in [6.07, 6.45) is -1.87. The predicted molar refractivity (Wildman–Crippen MR) is 44.2 cm³/mol. The van der Waals surface area contributed by atoms with Crippen LogP contribution < -0.4 is 0 Å². The van der Waals surface area contributed by atoms with Gasteiger partial charge < -0.3 is 9.84 Å². The summed E-state index contributed by atoms with van der Waals surface area (Å²) in [4.78, 5) is 18.3. The third kappa shape index (κ3) is 3.74. The zero-order chi connectivity index (χ0) is 11.3. The van der Waals surface area contributed by atoms with Crippen molar-refractivity contribution in [3.8, 4) is 0 Å². The molecular weight excluding hydrogens is 196 g/mol. The molecule has 0 fully saturated rings. The van der Waals surface area contributed by atoms with Crippen LogP contribution in [0.4, 0.5) is 0 Å². The Bertz CT molecular complexity index is 286. The van der Waals surface area contributed by atoms with E-state index in [0.29, 0.717) is 0 Å². The Morgan fingerprint density at radius 1 is 1.36 bits per heavy atom. The Morgan fingerprint density at radius 3 is 2.21 bits per heavy atom. The highest BCUT2D eigenvalue weighted by Crippen LogP contribution is 2.03. The van der Waals surface area contributed by atoms with Crippen LogP contribution in [0.1, 0.15) is 0 Å². The van der Waals surface area contributed by atoms with E-state index in [1.807, 2.05) is 0 Å². The van der Waals surface area contributed by atoms with Gasteiger partial charge in [0, 0.05) is 0 Å². The van der Waals surface area contributed by atoms with Crippen LogP contribution in [0.25, 0.3) is 0 Å². The van der Waals surface area contributed by atoms with Gasteiger partial charge in [-0.15, -0.1) is 0 Å². The van der Waals surface area contributed by atoms with Crippen LogP contribution >= 0.6 is 0 Å². The molecule has 0 heterocycles. The summed E-state index contributed by atoms with van der Waals surface area (Å²) in [6, 6.07) is 0. The molecule has 0 aromatic heterocycles. The van der Waals surface area contributed by atoms with Gasteiger partial charge in [0.25, 0.3) is 11.4 Å². The van der Waals surface area contributed by atoms with E-state index < -0.39 is 34.1 Å². The lowest BCUT2D eigenvalue weighted by molar-refractivity contribution is -0.452. The Hall–Kier alpha value is -1.80. The molecule has 0 spiro atoms. The quantitative estimate of drug-likeness (QED) is 0.367. The van der Waals surface area contributed by atoms with Crippen molar-refractivity contribution in [3.05, 3.63) is 44.8 Å². The Morgan fingerprint density at radius 2 is 1.86 bits per heavy atom. The van der Waals surface area contributed by atoms with E-state index in [4.69, 9.17) is 5.11 Å². The number of nitrogens with zero attached hydrogens (tertiary/aromatic N) is 2. The van der Waals surface area contributed by atoms with Crippen molar-refractivity contribution < 1.29 is 19.7 Å². The summed E-state index contributed by atoms with van der Waals surface area (Å²) in [7, 11) is 0. The standard InChI is InChI=1S/C6H8N2O6/c1-4(7(10)11)3-14-6(9)5(2)8(12)13/h6,9H,1-3H2. The lowest BCUT2D eigenvalue weighted by atomic mass is 10.5. The van der Waals surface area contributed by atoms with Gasteiger partial charge in [0.15, 0.2) is 0 Å². The molecule has 0 aromatic rings. The average molecular weight is 204 g/mol. The topological polar surface area (TPSA) is 116 Å². The van der Waals surface area contributed by atoms with Crippen molar-refractivity contribution in [1.29, 1.82) is 0 Å². The van der Waals surface area contributed by atoms with Crippen molar-refractivity contribution in [1.82, 2.24) is 0 Å². The largest absolute Gasteiger partial charge is 0.359 e. The zero-order valence-electron chi connectivity index (χ0n) is 7.08. The average Bonchev–Trinajstić information content (AvgIpc) is 2.11. The summed E-state index contributed by atoms with van der Waals surface area (Å²) in [5, 5.41) is 28.9. The van der Waals surface area contributed by atoms with Gasteiger partial charge in [-0.25, -0.2) is 0 Å². The minimum absolute atomic E-state index is 0.514. The molecule has 8 nitrogen and oxygen atoms in total. The molecule has 0 rings (SSSR count). The first-order valence-electron chi connectivity index (χ1n) is 3.31. The smallest absolute Gasteiger partial charge is 0.294 e. The molecule has 0 aliphatic carbocycles. The van der Waals surface area contributed by atoms with Crippen molar-refractivity contribution in [3.63, 3.8) is 0 Å². The Balaban J connectivity index is 4.03. The maximum Gasteiger partial charge on any atom is 0.294 e. The molecule has 1 atom stereocenters. The second-order valence-electron chi connectivity index (χ2n) is 2.24. The van der Waals surface area contributed by atoms with E-state index in [2.05, 4.69) is 17.9 Å². The molecular formula is C6H8N2O6. The number of aliphatic hydroxyl groups excluding tert-OH is 1. The molecule has 1 unspecified atom stereocenters. The van der Waals surface area contributed by atoms with Gasteiger partial charge in [0.1, 0.15) is 6.61 Å². The molecule has 0 saturated heterocycles. The molecule has 0 radical (unpaired) electrons. The van der Waals surface area contributed by atoms with Crippen LogP contribution in [0.2, 0.25) is 0 Å². The van der Waals surface area contributed by atoms with E-state index in [-0.39, 0.29) is 0 Å². The lowest BCUT2D eigenvalue weighted by Crippen LogP contribution is -2.21. The highest BCUT2D eigenvalue weighted by molar-refractivity contribution is 4.86. The van der Waals surface area contributed by atoms with Crippen molar-refractivity contribution in [2.24, 2.45) is 0 Å². The van der Waals surface area contributed by atoms with Crippen LogP contribution in [-0.2, 0) is 4.74 Å². The fraction of sp³-hybridized carbons (Fsp3) is 0.333. The van der Waals surface area contributed by atoms with Crippen molar-refractivity contribution in [2.45, 2.75) is 6.29 Å². The van der Waals surface area contributed by atoms with Gasteiger partial charge >= 0.3 is 0 Å². The summed E-state index contributed by atoms with van der Waals surface area (Å²) in [6.45, 7) is 5.29. The third-order valence-electron chi connectivity index (χ3n) is 1.19. The molecule has 0 aliphatic rings. The van der Waals surface area contributed by atoms with Crippen LogP contribution in [-0.4, -0.2) is 27.9 Å². The monoisotopic (exact) mass is 204 g/mol. The fourth-order valence-electron chi connectivity index (χ4n) is 0.414. The van der Waals surface area contributed by atoms with Gasteiger partial charge in [0.05, 0.1) is 9.85 Å². The molecule has 0 aliphatic heterocycles. The highest BCUT2D eigenvalue weighted by Gasteiger charge is 2.21. The number of aliphatic hydroxyl groups is 1. The van der Waals surface area contributed by atoms with Crippen molar-refractivity contribution >= 4 is 0 Å². The van der Waals surface area contributed by atoms with Crippen LogP contribution in [0, 0.1) is 20.2 Å². The summed E-state index contributed by atoms with van der Waals surface area (Å²) in [5.74, 6) is 0. The summed E-state index contributed by atoms with van der Waals surface area (Å²) < 4.78 is 4.36. The number of hydrogen-bond acceptors (Lipinski definition) is 6. The van der Waals surface area contributed by atoms with Gasteiger partial charge in [-0.3, -0.25) is 20.2 Å². The van der Waals surface area contributed by atoms with Crippen molar-refractivity contribution in [2.75, 3.05) is 6.61 Å². The molecule has 0 amide bonds. The minimum atomic E-state index is -1.87. The predicted octanol–water partition coefficient (Wildman–Crippen LogP) is -0.0978. The second kappa shape index (κ2) is 5.04.